The second-order valence-electron chi connectivity index (χ2n) is 3.59. The highest BCUT2D eigenvalue weighted by molar-refractivity contribution is 7.98. The predicted molar refractivity (Wildman–Crippen MR) is 58.5 cm³/mol. The first-order valence-electron chi connectivity index (χ1n) is 4.95. The van der Waals surface area contributed by atoms with E-state index in [1.807, 2.05) is 12.5 Å². The fourth-order valence-electron chi connectivity index (χ4n) is 1.95. The first kappa shape index (κ1) is 9.93. The molecule has 1 unspecified atom stereocenters. The summed E-state index contributed by atoms with van der Waals surface area (Å²) in [6.45, 7) is 0.706. The van der Waals surface area contributed by atoms with Crippen LogP contribution in [-0.2, 0) is 6.42 Å². The molecule has 14 heavy (non-hydrogen) atoms. The second kappa shape index (κ2) is 4.28. The van der Waals surface area contributed by atoms with Gasteiger partial charge in [0.1, 0.15) is 0 Å². The smallest absolute Gasteiger partial charge is 0.187 e. The quantitative estimate of drug-likeness (QED) is 0.593. The van der Waals surface area contributed by atoms with E-state index in [1.165, 1.54) is 24.1 Å². The minimum Gasteiger partial charge on any atom is -0.330 e. The monoisotopic (exact) mass is 209 g/mol. The normalized spacial score (nSPS) is 20.6. The van der Waals surface area contributed by atoms with Gasteiger partial charge >= 0.3 is 0 Å². The third kappa shape index (κ3) is 1.77. The van der Waals surface area contributed by atoms with Gasteiger partial charge in [-0.1, -0.05) is 11.8 Å². The molecule has 2 rings (SSSR count). The van der Waals surface area contributed by atoms with Crippen LogP contribution in [0.4, 0.5) is 0 Å². The standard InChI is InChI=1S/C10H15N3S/c1-14-10-12-6-8-4-2-3-7(5-11)9(8)13-10/h6-7H,2-5,11H2,1H3. The van der Waals surface area contributed by atoms with Gasteiger partial charge in [0.25, 0.3) is 0 Å². The van der Waals surface area contributed by atoms with Crippen molar-refractivity contribution in [1.82, 2.24) is 9.97 Å². The molecule has 1 aliphatic carbocycles. The van der Waals surface area contributed by atoms with Crippen LogP contribution in [0.1, 0.15) is 30.0 Å². The van der Waals surface area contributed by atoms with Gasteiger partial charge in [0.2, 0.25) is 0 Å². The summed E-state index contributed by atoms with van der Waals surface area (Å²) < 4.78 is 0. The van der Waals surface area contributed by atoms with Crippen LogP contribution >= 0.6 is 11.8 Å². The van der Waals surface area contributed by atoms with Gasteiger partial charge in [-0.15, -0.1) is 0 Å². The molecule has 0 amide bonds. The molecule has 2 N–H and O–H groups in total. The average Bonchev–Trinajstić information content (AvgIpc) is 2.27. The summed E-state index contributed by atoms with van der Waals surface area (Å²) in [5.41, 5.74) is 8.23. The minimum atomic E-state index is 0.452. The molecule has 1 aromatic heterocycles. The van der Waals surface area contributed by atoms with Crippen LogP contribution in [0, 0.1) is 0 Å². The van der Waals surface area contributed by atoms with Crippen molar-refractivity contribution >= 4 is 11.8 Å². The third-order valence-corrected chi connectivity index (χ3v) is 3.29. The lowest BCUT2D eigenvalue weighted by Gasteiger charge is -2.22. The summed E-state index contributed by atoms with van der Waals surface area (Å²) in [6.07, 6.45) is 7.48. The summed E-state index contributed by atoms with van der Waals surface area (Å²) in [6, 6.07) is 0. The van der Waals surface area contributed by atoms with Crippen molar-refractivity contribution in [3.05, 3.63) is 17.5 Å². The second-order valence-corrected chi connectivity index (χ2v) is 4.37. The Kier molecular flexibility index (Phi) is 3.03. The number of rotatable bonds is 2. The maximum atomic E-state index is 5.74. The zero-order valence-electron chi connectivity index (χ0n) is 8.36. The average molecular weight is 209 g/mol. The Labute approximate surface area is 88.5 Å². The molecule has 0 aliphatic heterocycles. The van der Waals surface area contributed by atoms with E-state index in [1.54, 1.807) is 11.8 Å². The lowest BCUT2D eigenvalue weighted by atomic mass is 9.87. The molecule has 0 saturated carbocycles. The van der Waals surface area contributed by atoms with E-state index in [0.717, 1.165) is 11.6 Å². The molecule has 3 nitrogen and oxygen atoms in total. The SMILES string of the molecule is CSc1ncc2c(n1)C(CN)CCC2. The minimum absolute atomic E-state index is 0.452. The Morgan fingerprint density at radius 1 is 1.64 bits per heavy atom. The Morgan fingerprint density at radius 3 is 3.21 bits per heavy atom. The Bertz CT molecular complexity index is 327. The molecule has 0 saturated heterocycles. The summed E-state index contributed by atoms with van der Waals surface area (Å²) in [7, 11) is 0. The largest absolute Gasteiger partial charge is 0.330 e. The zero-order chi connectivity index (χ0) is 9.97. The fraction of sp³-hybridized carbons (Fsp3) is 0.600. The number of thioether (sulfide) groups is 1. The van der Waals surface area contributed by atoms with Crippen molar-refractivity contribution in [2.45, 2.75) is 30.3 Å². The molecular weight excluding hydrogens is 194 g/mol. The number of nitrogens with zero attached hydrogens (tertiary/aromatic N) is 2. The molecule has 1 aliphatic rings. The van der Waals surface area contributed by atoms with Crippen LogP contribution in [0.3, 0.4) is 0 Å². The highest BCUT2D eigenvalue weighted by Crippen LogP contribution is 2.29. The highest BCUT2D eigenvalue weighted by Gasteiger charge is 2.21. The van der Waals surface area contributed by atoms with Gasteiger partial charge in [-0.05, 0) is 31.1 Å². The van der Waals surface area contributed by atoms with Gasteiger partial charge in [-0.25, -0.2) is 9.97 Å². The van der Waals surface area contributed by atoms with Crippen LogP contribution in [0.25, 0.3) is 0 Å². The number of hydrogen-bond donors (Lipinski definition) is 1. The lowest BCUT2D eigenvalue weighted by molar-refractivity contribution is 0.535. The first-order valence-corrected chi connectivity index (χ1v) is 6.17. The summed E-state index contributed by atoms with van der Waals surface area (Å²) in [5.74, 6) is 0.452. The topological polar surface area (TPSA) is 51.8 Å². The number of hydrogen-bond acceptors (Lipinski definition) is 4. The summed E-state index contributed by atoms with van der Waals surface area (Å²) in [4.78, 5) is 8.85. The van der Waals surface area contributed by atoms with E-state index in [0.29, 0.717) is 12.5 Å². The van der Waals surface area contributed by atoms with Crippen LogP contribution in [0.2, 0.25) is 0 Å². The molecule has 0 radical (unpaired) electrons. The maximum absolute atomic E-state index is 5.74. The Balaban J connectivity index is 2.38. The number of aryl methyl sites for hydroxylation is 1. The summed E-state index contributed by atoms with van der Waals surface area (Å²) in [5, 5.41) is 0.865. The molecule has 1 heterocycles. The zero-order valence-corrected chi connectivity index (χ0v) is 9.18. The van der Waals surface area contributed by atoms with Crippen molar-refractivity contribution in [3.8, 4) is 0 Å². The van der Waals surface area contributed by atoms with Gasteiger partial charge in [-0.2, -0.15) is 0 Å². The Hall–Kier alpha value is -0.610. The molecule has 0 spiro atoms. The van der Waals surface area contributed by atoms with E-state index >= 15 is 0 Å². The van der Waals surface area contributed by atoms with Gasteiger partial charge in [0.15, 0.2) is 5.16 Å². The van der Waals surface area contributed by atoms with E-state index in [4.69, 9.17) is 5.73 Å². The number of nitrogens with two attached hydrogens (primary N) is 1. The number of aromatic nitrogens is 2. The highest BCUT2D eigenvalue weighted by atomic mass is 32.2. The fourth-order valence-corrected chi connectivity index (χ4v) is 2.30. The van der Waals surface area contributed by atoms with Gasteiger partial charge in [0.05, 0.1) is 5.69 Å². The predicted octanol–water partition coefficient (Wildman–Crippen LogP) is 1.58. The van der Waals surface area contributed by atoms with E-state index in [9.17, 15) is 0 Å². The van der Waals surface area contributed by atoms with Crippen molar-refractivity contribution < 1.29 is 0 Å². The van der Waals surface area contributed by atoms with Crippen molar-refractivity contribution in [2.24, 2.45) is 5.73 Å². The van der Waals surface area contributed by atoms with E-state index < -0.39 is 0 Å². The van der Waals surface area contributed by atoms with Crippen molar-refractivity contribution in [1.29, 1.82) is 0 Å². The van der Waals surface area contributed by atoms with Gasteiger partial charge in [0, 0.05) is 18.7 Å². The molecule has 76 valence electrons. The van der Waals surface area contributed by atoms with Crippen LogP contribution < -0.4 is 5.73 Å². The van der Waals surface area contributed by atoms with Crippen LogP contribution in [0.15, 0.2) is 11.4 Å². The molecule has 0 bridgehead atoms. The van der Waals surface area contributed by atoms with Gasteiger partial charge < -0.3 is 5.73 Å². The van der Waals surface area contributed by atoms with Gasteiger partial charge in [-0.3, -0.25) is 0 Å². The molecule has 1 atom stereocenters. The van der Waals surface area contributed by atoms with E-state index in [2.05, 4.69) is 9.97 Å². The Morgan fingerprint density at radius 2 is 2.50 bits per heavy atom. The molecule has 4 heteroatoms. The maximum Gasteiger partial charge on any atom is 0.187 e. The molecule has 0 aromatic carbocycles. The van der Waals surface area contributed by atoms with Crippen molar-refractivity contribution in [3.63, 3.8) is 0 Å². The molecule has 1 aromatic rings. The lowest BCUT2D eigenvalue weighted by Crippen LogP contribution is -2.20. The van der Waals surface area contributed by atoms with E-state index in [-0.39, 0.29) is 0 Å². The van der Waals surface area contributed by atoms with Crippen LogP contribution in [-0.4, -0.2) is 22.8 Å². The summed E-state index contributed by atoms with van der Waals surface area (Å²) >= 11 is 1.59. The number of fused-ring (bicyclic) bond motifs is 1. The van der Waals surface area contributed by atoms with Crippen LogP contribution in [0.5, 0.6) is 0 Å². The first-order chi connectivity index (χ1) is 6.85. The third-order valence-electron chi connectivity index (χ3n) is 2.73. The van der Waals surface area contributed by atoms with Crippen molar-refractivity contribution in [2.75, 3.05) is 12.8 Å². The molecule has 0 fully saturated rings. The molecular formula is C10H15N3S.